The summed E-state index contributed by atoms with van der Waals surface area (Å²) in [4.78, 5) is 21.5. The van der Waals surface area contributed by atoms with Crippen molar-refractivity contribution in [1.29, 1.82) is 0 Å². The van der Waals surface area contributed by atoms with Crippen molar-refractivity contribution in [3.63, 3.8) is 0 Å². The molecule has 2 amide bonds. The lowest BCUT2D eigenvalue weighted by Gasteiger charge is -2.21. The van der Waals surface area contributed by atoms with Crippen LogP contribution in [0.4, 0.5) is 10.1 Å². The molecule has 0 aliphatic heterocycles. The normalized spacial score (nSPS) is 10.4. The van der Waals surface area contributed by atoms with Crippen LogP contribution in [0.25, 0.3) is 0 Å². The number of carbonyl (C=O) groups excluding carboxylic acids is 2. The molecule has 1 aromatic carbocycles. The van der Waals surface area contributed by atoms with Crippen LogP contribution in [0, 0.1) is 5.82 Å². The largest absolute Gasteiger partial charge is 0.366 e. The first-order chi connectivity index (χ1) is 7.77. The summed E-state index contributed by atoms with van der Waals surface area (Å²) in [6.45, 7) is 5.74. The molecule has 4 nitrogen and oxygen atoms in total. The van der Waals surface area contributed by atoms with Gasteiger partial charge in [-0.2, -0.15) is 0 Å². The van der Waals surface area contributed by atoms with E-state index in [1.165, 1.54) is 12.1 Å². The Balaban J connectivity index is 0.00000289. The van der Waals surface area contributed by atoms with E-state index in [0.717, 1.165) is 5.56 Å². The maximum absolute atomic E-state index is 13.8. The van der Waals surface area contributed by atoms with Crippen molar-refractivity contribution in [2.24, 2.45) is 5.73 Å². The van der Waals surface area contributed by atoms with Gasteiger partial charge in [0.25, 0.3) is 5.91 Å². The van der Waals surface area contributed by atoms with E-state index in [0.29, 0.717) is 6.41 Å². The topological polar surface area (TPSA) is 72.2 Å². The molecule has 0 bridgehead atoms. The van der Waals surface area contributed by atoms with Gasteiger partial charge in [0, 0.05) is 0 Å². The first-order valence-corrected chi connectivity index (χ1v) is 5.11. The lowest BCUT2D eigenvalue weighted by Crippen LogP contribution is -2.19. The predicted molar refractivity (Wildman–Crippen MR) is 70.0 cm³/mol. The van der Waals surface area contributed by atoms with Crippen LogP contribution in [0.3, 0.4) is 0 Å². The summed E-state index contributed by atoms with van der Waals surface area (Å²) in [5.41, 5.74) is 5.27. The van der Waals surface area contributed by atoms with Crippen LogP contribution in [0.2, 0.25) is 0 Å². The Labute approximate surface area is 106 Å². The average Bonchev–Trinajstić information content (AvgIpc) is 2.19. The maximum Gasteiger partial charge on any atom is 0.251 e. The fraction of sp³-hybridized carbons (Fsp3) is 0.385. The predicted octanol–water partition coefficient (Wildman–Crippen LogP) is 2.43. The van der Waals surface area contributed by atoms with Crippen molar-refractivity contribution in [2.45, 2.75) is 33.6 Å². The third kappa shape index (κ3) is 3.29. The summed E-state index contributed by atoms with van der Waals surface area (Å²) in [6.07, 6.45) is 0.357. The zero-order valence-corrected chi connectivity index (χ0v) is 10.0. The van der Waals surface area contributed by atoms with Gasteiger partial charge in [0.2, 0.25) is 6.41 Å². The molecular weight excluding hydrogens is 235 g/mol. The van der Waals surface area contributed by atoms with Crippen molar-refractivity contribution in [3.8, 4) is 0 Å². The number of hydrogen-bond acceptors (Lipinski definition) is 2. The number of carbonyl (C=O) groups is 2. The molecule has 0 saturated heterocycles. The van der Waals surface area contributed by atoms with E-state index < -0.39 is 11.7 Å². The van der Waals surface area contributed by atoms with E-state index in [9.17, 15) is 14.0 Å². The summed E-state index contributed by atoms with van der Waals surface area (Å²) in [5, 5.41) is 2.22. The number of rotatable bonds is 3. The molecular formula is C13H19FN2O2. The molecule has 0 aliphatic carbocycles. The van der Waals surface area contributed by atoms with Crippen molar-refractivity contribution in [3.05, 3.63) is 29.1 Å². The molecule has 0 radical (unpaired) electrons. The molecule has 0 saturated carbocycles. The number of benzene rings is 1. The number of hydrogen-bond donors (Lipinski definition) is 2. The molecule has 0 spiro atoms. The highest BCUT2D eigenvalue weighted by molar-refractivity contribution is 5.95. The molecule has 0 fully saturated rings. The smallest absolute Gasteiger partial charge is 0.251 e. The van der Waals surface area contributed by atoms with Crippen LogP contribution in [0.1, 0.15) is 44.1 Å². The number of halogens is 1. The number of amides is 2. The van der Waals surface area contributed by atoms with Gasteiger partial charge in [-0.05, 0) is 23.1 Å². The lowest BCUT2D eigenvalue weighted by atomic mass is 9.85. The van der Waals surface area contributed by atoms with E-state index in [2.05, 4.69) is 5.32 Å². The van der Waals surface area contributed by atoms with Crippen LogP contribution < -0.4 is 11.1 Å². The molecule has 1 aromatic rings. The van der Waals surface area contributed by atoms with Crippen LogP contribution in [-0.4, -0.2) is 12.3 Å². The van der Waals surface area contributed by atoms with Crippen molar-refractivity contribution in [2.75, 3.05) is 5.32 Å². The van der Waals surface area contributed by atoms with Crippen LogP contribution >= 0.6 is 0 Å². The first kappa shape index (κ1) is 16.1. The van der Waals surface area contributed by atoms with E-state index in [1.54, 1.807) is 0 Å². The minimum atomic E-state index is -0.859. The molecule has 0 unspecified atom stereocenters. The Bertz CT molecular complexity index is 465. The van der Waals surface area contributed by atoms with E-state index in [1.807, 2.05) is 20.8 Å². The minimum Gasteiger partial charge on any atom is -0.366 e. The summed E-state index contributed by atoms with van der Waals surface area (Å²) in [6, 6.07) is 2.91. The zero-order valence-electron chi connectivity index (χ0n) is 10.0. The Hall–Kier alpha value is -1.91. The second-order valence-corrected chi connectivity index (χ2v) is 4.76. The lowest BCUT2D eigenvalue weighted by molar-refractivity contribution is -0.105. The quantitative estimate of drug-likeness (QED) is 0.813. The molecule has 5 heteroatoms. The van der Waals surface area contributed by atoms with Gasteiger partial charge in [0.15, 0.2) is 5.82 Å². The highest BCUT2D eigenvalue weighted by Gasteiger charge is 2.21. The molecule has 0 atom stereocenters. The molecule has 3 N–H and O–H groups in total. The fourth-order valence-electron chi connectivity index (χ4n) is 1.41. The summed E-state index contributed by atoms with van der Waals surface area (Å²) < 4.78 is 13.8. The molecule has 0 aromatic heterocycles. The summed E-state index contributed by atoms with van der Waals surface area (Å²) >= 11 is 0. The molecule has 0 aliphatic rings. The molecule has 18 heavy (non-hydrogen) atoms. The van der Waals surface area contributed by atoms with Crippen LogP contribution in [0.5, 0.6) is 0 Å². The van der Waals surface area contributed by atoms with Crippen LogP contribution in [0.15, 0.2) is 12.1 Å². The summed E-state index contributed by atoms with van der Waals surface area (Å²) in [5.74, 6) is -1.67. The van der Waals surface area contributed by atoms with E-state index in [4.69, 9.17) is 5.73 Å². The van der Waals surface area contributed by atoms with Gasteiger partial charge in [-0.25, -0.2) is 4.39 Å². The summed E-state index contributed by atoms with van der Waals surface area (Å²) in [7, 11) is 0. The van der Waals surface area contributed by atoms with Gasteiger partial charge in [-0.15, -0.1) is 0 Å². The highest BCUT2D eigenvalue weighted by atomic mass is 19.1. The monoisotopic (exact) mass is 254 g/mol. The van der Waals surface area contributed by atoms with Gasteiger partial charge >= 0.3 is 0 Å². The van der Waals surface area contributed by atoms with Crippen LogP contribution in [-0.2, 0) is 10.2 Å². The fourth-order valence-corrected chi connectivity index (χ4v) is 1.41. The number of nitrogens with two attached hydrogens (primary N) is 1. The highest BCUT2D eigenvalue weighted by Crippen LogP contribution is 2.28. The number of anilines is 1. The number of primary amides is 1. The second kappa shape index (κ2) is 5.62. The van der Waals surface area contributed by atoms with Gasteiger partial charge in [0.05, 0.1) is 11.3 Å². The van der Waals surface area contributed by atoms with Gasteiger partial charge in [0.1, 0.15) is 0 Å². The van der Waals surface area contributed by atoms with Crippen molar-refractivity contribution in [1.82, 2.24) is 0 Å². The van der Waals surface area contributed by atoms with E-state index >= 15 is 0 Å². The third-order valence-corrected chi connectivity index (χ3v) is 2.42. The average molecular weight is 254 g/mol. The van der Waals surface area contributed by atoms with Gasteiger partial charge in [-0.3, -0.25) is 9.59 Å². The minimum absolute atomic E-state index is 0. The molecule has 100 valence electrons. The second-order valence-electron chi connectivity index (χ2n) is 4.76. The molecule has 0 heterocycles. The maximum atomic E-state index is 13.8. The molecule has 1 rings (SSSR count). The van der Waals surface area contributed by atoms with Gasteiger partial charge < -0.3 is 11.1 Å². The third-order valence-electron chi connectivity index (χ3n) is 2.42. The van der Waals surface area contributed by atoms with Gasteiger partial charge in [-0.1, -0.05) is 28.2 Å². The Morgan fingerprint density at radius 1 is 1.39 bits per heavy atom. The Morgan fingerprint density at radius 3 is 2.33 bits per heavy atom. The Kier molecular flexibility index (Phi) is 5.02. The van der Waals surface area contributed by atoms with E-state index in [-0.39, 0.29) is 24.1 Å². The van der Waals surface area contributed by atoms with Crippen molar-refractivity contribution >= 4 is 18.0 Å². The zero-order chi connectivity index (χ0) is 13.2. The first-order valence-electron chi connectivity index (χ1n) is 5.11. The SMILES string of the molecule is C.CC(C)(C)c1cc(NC=O)c(F)c(C(N)=O)c1. The Morgan fingerprint density at radius 2 is 1.94 bits per heavy atom. The standard InChI is InChI=1S/C12H15FN2O2.CH4/c1-12(2,3)7-4-8(11(14)17)10(13)9(5-7)15-6-16;/h4-6H,1-3H3,(H2,14,17)(H,15,16);1H4. The van der Waals surface area contributed by atoms with Crippen molar-refractivity contribution < 1.29 is 14.0 Å². The number of nitrogens with one attached hydrogen (secondary N) is 1.